The first-order chi connectivity index (χ1) is 16.2. The van der Waals surface area contributed by atoms with Gasteiger partial charge in [-0.15, -0.1) is 0 Å². The Morgan fingerprint density at radius 1 is 1.09 bits per heavy atom. The summed E-state index contributed by atoms with van der Waals surface area (Å²) in [7, 11) is 0. The second-order valence-corrected chi connectivity index (χ2v) is 6.78. The first-order valence-corrected chi connectivity index (χ1v) is 9.89. The molecule has 2 aromatic carbocycles. The molecule has 0 radical (unpaired) electrons. The van der Waals surface area contributed by atoms with Crippen molar-refractivity contribution in [1.82, 2.24) is 5.43 Å². The summed E-state index contributed by atoms with van der Waals surface area (Å²) in [6, 6.07) is 11.6. The van der Waals surface area contributed by atoms with Crippen LogP contribution >= 0.6 is 0 Å². The van der Waals surface area contributed by atoms with E-state index < -0.39 is 23.6 Å². The van der Waals surface area contributed by atoms with Crippen LogP contribution in [0, 0.1) is 0 Å². The Morgan fingerprint density at radius 3 is 2.56 bits per heavy atom. The molecule has 1 amide bonds. The smallest absolute Gasteiger partial charge is 0.416 e. The maximum Gasteiger partial charge on any atom is 0.416 e. The van der Waals surface area contributed by atoms with E-state index in [0.29, 0.717) is 29.4 Å². The lowest BCUT2D eigenvalue weighted by Crippen LogP contribution is -2.18. The molecule has 0 saturated carbocycles. The molecular weight excluding hydrogens is 457 g/mol. The molecule has 1 heterocycles. The monoisotopic (exact) mass is 476 g/mol. The lowest BCUT2D eigenvalue weighted by Gasteiger charge is -2.11. The molecule has 0 bridgehead atoms. The summed E-state index contributed by atoms with van der Waals surface area (Å²) in [5.41, 5.74) is 1.58. The van der Waals surface area contributed by atoms with Gasteiger partial charge in [0.15, 0.2) is 11.5 Å². The number of ether oxygens (including phenoxy) is 2. The van der Waals surface area contributed by atoms with Gasteiger partial charge in [0.2, 0.25) is 5.76 Å². The highest BCUT2D eigenvalue weighted by Crippen LogP contribution is 2.30. The molecule has 0 aliphatic carbocycles. The van der Waals surface area contributed by atoms with Gasteiger partial charge in [-0.05, 0) is 61.0 Å². The Bertz CT molecular complexity index is 1200. The van der Waals surface area contributed by atoms with Gasteiger partial charge in [0.05, 0.1) is 18.4 Å². The van der Waals surface area contributed by atoms with Crippen LogP contribution in [0.15, 0.2) is 64.1 Å². The summed E-state index contributed by atoms with van der Waals surface area (Å²) in [6.07, 6.45) is -3.27. The van der Waals surface area contributed by atoms with Crippen molar-refractivity contribution < 1.29 is 41.8 Å². The number of amides is 1. The number of carboxylic acid groups (broad SMARTS) is 1. The van der Waals surface area contributed by atoms with E-state index in [0.717, 1.165) is 18.2 Å². The normalized spacial score (nSPS) is 11.4. The minimum atomic E-state index is -4.56. The molecular formula is C23H19F3N2O6. The number of halogens is 3. The summed E-state index contributed by atoms with van der Waals surface area (Å²) in [4.78, 5) is 23.0. The Morgan fingerprint density at radius 2 is 1.88 bits per heavy atom. The van der Waals surface area contributed by atoms with Crippen LogP contribution in [0.4, 0.5) is 13.2 Å². The molecule has 0 aliphatic heterocycles. The van der Waals surface area contributed by atoms with Gasteiger partial charge in [-0.2, -0.15) is 18.3 Å². The Kier molecular flexibility index (Phi) is 7.57. The number of furan rings is 1. The molecule has 3 rings (SSSR count). The largest absolute Gasteiger partial charge is 0.490 e. The molecule has 0 unspecified atom stereocenters. The number of hydrazone groups is 1. The first-order valence-electron chi connectivity index (χ1n) is 9.89. The number of rotatable bonds is 9. The van der Waals surface area contributed by atoms with Crippen LogP contribution in [0.25, 0.3) is 0 Å². The van der Waals surface area contributed by atoms with E-state index in [1.165, 1.54) is 24.4 Å². The van der Waals surface area contributed by atoms with E-state index in [-0.39, 0.29) is 17.9 Å². The molecule has 0 fully saturated rings. The van der Waals surface area contributed by atoms with Crippen molar-refractivity contribution in [3.05, 3.63) is 82.8 Å². The minimum absolute atomic E-state index is 0.0339. The number of nitrogens with zero attached hydrogens (tertiary/aromatic N) is 1. The number of alkyl halides is 3. The topological polar surface area (TPSA) is 110 Å². The van der Waals surface area contributed by atoms with E-state index in [9.17, 15) is 22.8 Å². The van der Waals surface area contributed by atoms with Gasteiger partial charge < -0.3 is 19.0 Å². The number of nitrogens with one attached hydrogen (secondary N) is 1. The van der Waals surface area contributed by atoms with Crippen LogP contribution in [0.3, 0.4) is 0 Å². The molecule has 0 spiro atoms. The van der Waals surface area contributed by atoms with Gasteiger partial charge in [0.25, 0.3) is 5.91 Å². The number of hydrogen-bond donors (Lipinski definition) is 2. The van der Waals surface area contributed by atoms with Crippen molar-refractivity contribution in [2.45, 2.75) is 19.7 Å². The predicted molar refractivity (Wildman–Crippen MR) is 114 cm³/mol. The van der Waals surface area contributed by atoms with Gasteiger partial charge >= 0.3 is 12.1 Å². The van der Waals surface area contributed by atoms with Gasteiger partial charge in [-0.1, -0.05) is 6.07 Å². The highest BCUT2D eigenvalue weighted by molar-refractivity contribution is 5.95. The molecule has 34 heavy (non-hydrogen) atoms. The van der Waals surface area contributed by atoms with Gasteiger partial charge in [0, 0.05) is 5.56 Å². The van der Waals surface area contributed by atoms with Crippen molar-refractivity contribution in [2.75, 3.05) is 6.61 Å². The van der Waals surface area contributed by atoms with Crippen LogP contribution in [-0.2, 0) is 12.8 Å². The fourth-order valence-electron chi connectivity index (χ4n) is 2.78. The van der Waals surface area contributed by atoms with E-state index >= 15 is 0 Å². The molecule has 0 saturated heterocycles. The third-order valence-corrected chi connectivity index (χ3v) is 4.34. The number of hydrogen-bond acceptors (Lipinski definition) is 6. The summed E-state index contributed by atoms with van der Waals surface area (Å²) in [5, 5.41) is 12.7. The van der Waals surface area contributed by atoms with Crippen molar-refractivity contribution in [3.63, 3.8) is 0 Å². The van der Waals surface area contributed by atoms with Gasteiger partial charge in [-0.25, -0.2) is 10.2 Å². The third kappa shape index (κ3) is 6.37. The molecule has 178 valence electrons. The summed E-state index contributed by atoms with van der Waals surface area (Å²) < 4.78 is 54.8. The number of benzene rings is 2. The second-order valence-electron chi connectivity index (χ2n) is 6.78. The zero-order valence-corrected chi connectivity index (χ0v) is 17.8. The maximum absolute atomic E-state index is 12.8. The molecule has 0 atom stereocenters. The van der Waals surface area contributed by atoms with Crippen LogP contribution in [0.5, 0.6) is 11.5 Å². The number of carboxylic acids is 1. The fourth-order valence-corrected chi connectivity index (χ4v) is 2.78. The molecule has 1 aromatic heterocycles. The number of aromatic carboxylic acids is 1. The number of carbonyl (C=O) groups excluding carboxylic acids is 1. The standard InChI is InChI=1S/C23H19F3N2O6/c1-2-32-20-10-14(6-8-18(20)33-13-17-7-9-19(34-17)22(30)31)12-27-28-21(29)15-4-3-5-16(11-15)23(24,25)26/h3-12H,2,13H2,1H3,(H,28,29)(H,30,31). The van der Waals surface area contributed by atoms with Crippen molar-refractivity contribution in [2.24, 2.45) is 5.10 Å². The zero-order chi connectivity index (χ0) is 24.7. The van der Waals surface area contributed by atoms with E-state index in [1.54, 1.807) is 25.1 Å². The molecule has 3 aromatic rings. The van der Waals surface area contributed by atoms with E-state index in [4.69, 9.17) is 19.0 Å². The highest BCUT2D eigenvalue weighted by atomic mass is 19.4. The lowest BCUT2D eigenvalue weighted by atomic mass is 10.1. The highest BCUT2D eigenvalue weighted by Gasteiger charge is 2.30. The molecule has 2 N–H and O–H groups in total. The first kappa shape index (κ1) is 24.4. The van der Waals surface area contributed by atoms with Crippen molar-refractivity contribution in [1.29, 1.82) is 0 Å². The SMILES string of the molecule is CCOc1cc(C=NNC(=O)c2cccc(C(F)(F)F)c2)ccc1OCc1ccc(C(=O)O)o1. The molecule has 0 aliphatic rings. The van der Waals surface area contributed by atoms with Crippen LogP contribution in [0.2, 0.25) is 0 Å². The van der Waals surface area contributed by atoms with Crippen molar-refractivity contribution in [3.8, 4) is 11.5 Å². The zero-order valence-electron chi connectivity index (χ0n) is 17.8. The summed E-state index contributed by atoms with van der Waals surface area (Å²) in [5.74, 6) is -1.16. The average molecular weight is 476 g/mol. The van der Waals surface area contributed by atoms with E-state index in [1.807, 2.05) is 0 Å². The summed E-state index contributed by atoms with van der Waals surface area (Å²) in [6.45, 7) is 2.06. The minimum Gasteiger partial charge on any atom is -0.490 e. The third-order valence-electron chi connectivity index (χ3n) is 4.34. The van der Waals surface area contributed by atoms with Crippen LogP contribution < -0.4 is 14.9 Å². The second kappa shape index (κ2) is 10.6. The quantitative estimate of drug-likeness (QED) is 0.341. The average Bonchev–Trinajstić information content (AvgIpc) is 3.28. The fraction of sp³-hybridized carbons (Fsp3) is 0.174. The lowest BCUT2D eigenvalue weighted by molar-refractivity contribution is -0.137. The van der Waals surface area contributed by atoms with Crippen molar-refractivity contribution >= 4 is 18.1 Å². The Hall–Kier alpha value is -4.28. The number of carbonyl (C=O) groups is 2. The summed E-state index contributed by atoms with van der Waals surface area (Å²) >= 11 is 0. The maximum atomic E-state index is 12.8. The Balaban J connectivity index is 1.66. The molecule has 11 heteroatoms. The van der Waals surface area contributed by atoms with Crippen LogP contribution in [-0.4, -0.2) is 29.8 Å². The molecule has 8 nitrogen and oxygen atoms in total. The predicted octanol–water partition coefficient (Wildman–Crippen LogP) is 4.74. The van der Waals surface area contributed by atoms with E-state index in [2.05, 4.69) is 10.5 Å². The van der Waals surface area contributed by atoms with Gasteiger partial charge in [0.1, 0.15) is 12.4 Å². The van der Waals surface area contributed by atoms with Crippen LogP contribution in [0.1, 0.15) is 44.7 Å². The van der Waals surface area contributed by atoms with Gasteiger partial charge in [-0.3, -0.25) is 4.79 Å². The Labute approximate surface area is 191 Å².